The topological polar surface area (TPSA) is 161 Å². The summed E-state index contributed by atoms with van der Waals surface area (Å²) in [6, 6.07) is 8.57. The first-order chi connectivity index (χ1) is 16.3. The van der Waals surface area contributed by atoms with Crippen molar-refractivity contribution in [1.29, 1.82) is 0 Å². The Kier molecular flexibility index (Phi) is 9.02. The first-order valence-electron chi connectivity index (χ1n) is 10.3. The van der Waals surface area contributed by atoms with Crippen molar-refractivity contribution in [2.24, 2.45) is 0 Å². The minimum Gasteiger partial charge on any atom is -1.00 e. The molecule has 0 aliphatic carbocycles. The smallest absolute Gasteiger partial charge is 1.00 e. The molecule has 36 heavy (non-hydrogen) atoms. The number of benzene rings is 2. The van der Waals surface area contributed by atoms with Gasteiger partial charge in [0.15, 0.2) is 9.84 Å². The molecule has 0 spiro atoms. The molecular weight excluding hydrogens is 555 g/mol. The summed E-state index contributed by atoms with van der Waals surface area (Å²) in [5, 5.41) is 3.66. The molecule has 4 rings (SSSR count). The normalized spacial score (nSPS) is 12.5. The van der Waals surface area contributed by atoms with Gasteiger partial charge in [-0.2, -0.15) is 0 Å². The number of ether oxygens (including phenoxy) is 1. The van der Waals surface area contributed by atoms with E-state index < -0.39 is 29.0 Å². The van der Waals surface area contributed by atoms with E-state index in [1.165, 1.54) is 29.8 Å². The van der Waals surface area contributed by atoms with E-state index in [9.17, 15) is 13.0 Å². The van der Waals surface area contributed by atoms with Crippen LogP contribution in [0.3, 0.4) is 0 Å². The molecule has 2 aromatic carbocycles. The third-order valence-corrected chi connectivity index (χ3v) is 8.83. The molecule has 0 aliphatic heterocycles. The van der Waals surface area contributed by atoms with Crippen molar-refractivity contribution in [2.45, 2.75) is 30.4 Å². The molecule has 0 bridgehead atoms. The third kappa shape index (κ3) is 6.53. The Balaban J connectivity index is 0.00000241. The number of sulfone groups is 1. The van der Waals surface area contributed by atoms with Crippen molar-refractivity contribution in [3.63, 3.8) is 0 Å². The summed E-state index contributed by atoms with van der Waals surface area (Å²) in [5.74, 6) is 0.390. The maximum absolute atomic E-state index is 13.4. The summed E-state index contributed by atoms with van der Waals surface area (Å²) >= 11 is 1.53. The summed E-state index contributed by atoms with van der Waals surface area (Å²) in [7, 11) is -8.57. The van der Waals surface area contributed by atoms with E-state index in [0.717, 1.165) is 15.9 Å². The van der Waals surface area contributed by atoms with E-state index in [0.29, 0.717) is 16.7 Å². The summed E-state index contributed by atoms with van der Waals surface area (Å²) < 4.78 is 47.6. The Morgan fingerprint density at radius 1 is 1.08 bits per heavy atom. The standard InChI is InChI=1S/C21H23N4O7PS2.Ca.2H/c1-21(2,3)35(29,30)19-9-14-15(10-17(19)31-6-7-32-33(26,27)28)22-11-23-20(14)25-13-4-5-18-16(8-13)24-12-34-18;;;/h4-5,8-12H,6-7H2,1-3H3,(H,22,23,25)(H2,26,27,28);;;/q;+2;2*-1. The molecule has 0 atom stereocenters. The van der Waals surface area contributed by atoms with Gasteiger partial charge in [0.25, 0.3) is 0 Å². The van der Waals surface area contributed by atoms with Gasteiger partial charge in [0.2, 0.25) is 0 Å². The number of hydrogen-bond acceptors (Lipinski definition) is 10. The van der Waals surface area contributed by atoms with Crippen LogP contribution in [0.2, 0.25) is 0 Å². The number of thiazole rings is 1. The Morgan fingerprint density at radius 3 is 2.53 bits per heavy atom. The Labute approximate surface area is 244 Å². The molecule has 15 heteroatoms. The van der Waals surface area contributed by atoms with Gasteiger partial charge in [0, 0.05) is 17.1 Å². The zero-order valence-electron chi connectivity index (χ0n) is 21.7. The van der Waals surface area contributed by atoms with Gasteiger partial charge in [-0.15, -0.1) is 11.3 Å². The molecule has 190 valence electrons. The molecule has 2 heterocycles. The van der Waals surface area contributed by atoms with Crippen molar-refractivity contribution in [2.75, 3.05) is 18.5 Å². The predicted octanol–water partition coefficient (Wildman–Crippen LogP) is 3.89. The van der Waals surface area contributed by atoms with Gasteiger partial charge >= 0.3 is 45.6 Å². The average Bonchev–Trinajstić information content (AvgIpc) is 3.23. The second kappa shape index (κ2) is 11.1. The quantitative estimate of drug-likeness (QED) is 0.158. The molecule has 0 fully saturated rings. The molecule has 0 aliphatic rings. The van der Waals surface area contributed by atoms with E-state index in [1.807, 2.05) is 18.2 Å². The van der Waals surface area contributed by atoms with Crippen LogP contribution in [-0.2, 0) is 18.9 Å². The fraction of sp³-hybridized carbons (Fsp3) is 0.286. The summed E-state index contributed by atoms with van der Waals surface area (Å²) in [6.07, 6.45) is 1.34. The van der Waals surface area contributed by atoms with E-state index in [2.05, 4.69) is 24.8 Å². The Morgan fingerprint density at radius 2 is 1.83 bits per heavy atom. The summed E-state index contributed by atoms with van der Waals surface area (Å²) in [5.41, 5.74) is 3.71. The maximum Gasteiger partial charge on any atom is 2.00 e. The van der Waals surface area contributed by atoms with Gasteiger partial charge < -0.3 is 22.7 Å². The number of aromatic nitrogens is 3. The number of phosphoric ester groups is 1. The van der Waals surface area contributed by atoms with Crippen molar-refractivity contribution < 1.29 is 34.9 Å². The van der Waals surface area contributed by atoms with Gasteiger partial charge in [-0.05, 0) is 45.0 Å². The van der Waals surface area contributed by atoms with E-state index in [1.54, 1.807) is 26.3 Å². The van der Waals surface area contributed by atoms with Crippen LogP contribution in [0.15, 0.2) is 47.1 Å². The van der Waals surface area contributed by atoms with Crippen molar-refractivity contribution in [3.05, 3.63) is 42.2 Å². The molecule has 2 aromatic heterocycles. The first-order valence-corrected chi connectivity index (χ1v) is 14.2. The van der Waals surface area contributed by atoms with Crippen LogP contribution in [0.5, 0.6) is 5.75 Å². The van der Waals surface area contributed by atoms with Crippen LogP contribution < -0.4 is 10.1 Å². The summed E-state index contributed by atoms with van der Waals surface area (Å²) in [4.78, 5) is 30.5. The largest absolute Gasteiger partial charge is 2.00 e. The number of phosphoric acid groups is 1. The number of anilines is 2. The molecule has 11 nitrogen and oxygen atoms in total. The van der Waals surface area contributed by atoms with Gasteiger partial charge in [0.05, 0.1) is 32.6 Å². The first kappa shape index (κ1) is 29.2. The zero-order chi connectivity index (χ0) is 25.4. The molecule has 0 saturated heterocycles. The second-order valence-corrected chi connectivity index (χ2v) is 13.3. The average molecular weight is 581 g/mol. The van der Waals surface area contributed by atoms with Gasteiger partial charge in [-0.1, -0.05) is 0 Å². The van der Waals surface area contributed by atoms with Crippen LogP contribution in [0, 0.1) is 0 Å². The molecule has 0 radical (unpaired) electrons. The minimum atomic E-state index is -4.68. The van der Waals surface area contributed by atoms with E-state index in [4.69, 9.17) is 14.5 Å². The minimum absolute atomic E-state index is 0. The van der Waals surface area contributed by atoms with Crippen molar-refractivity contribution in [3.8, 4) is 5.75 Å². The Bertz CT molecular complexity index is 1560. The number of rotatable bonds is 8. The van der Waals surface area contributed by atoms with Crippen LogP contribution in [0.25, 0.3) is 21.1 Å². The van der Waals surface area contributed by atoms with Crippen LogP contribution in [0.1, 0.15) is 23.6 Å². The predicted molar refractivity (Wildman–Crippen MR) is 141 cm³/mol. The van der Waals surface area contributed by atoms with Crippen LogP contribution >= 0.6 is 19.2 Å². The van der Waals surface area contributed by atoms with E-state index >= 15 is 0 Å². The number of nitrogens with one attached hydrogen (secondary N) is 1. The van der Waals surface area contributed by atoms with Gasteiger partial charge in [-0.25, -0.2) is 27.9 Å². The van der Waals surface area contributed by atoms with E-state index in [-0.39, 0.29) is 57.8 Å². The summed E-state index contributed by atoms with van der Waals surface area (Å²) in [6.45, 7) is 3.98. The SMILES string of the molecule is CC(C)(C)S(=O)(=O)c1cc2c(Nc3ccc4scnc4c3)ncnc2cc1OCCOP(=O)(O)O.[Ca+2].[H-].[H-]. The maximum atomic E-state index is 13.4. The zero-order valence-corrected chi connectivity index (χ0v) is 24.4. The van der Waals surface area contributed by atoms with Gasteiger partial charge in [-0.3, -0.25) is 4.52 Å². The number of fused-ring (bicyclic) bond motifs is 2. The molecule has 0 saturated carbocycles. The molecule has 0 unspecified atom stereocenters. The monoisotopic (exact) mass is 580 g/mol. The number of hydrogen-bond donors (Lipinski definition) is 3. The molecule has 3 N–H and O–H groups in total. The fourth-order valence-electron chi connectivity index (χ4n) is 3.20. The number of nitrogens with zero attached hydrogens (tertiary/aromatic N) is 3. The van der Waals surface area contributed by atoms with Crippen LogP contribution in [0.4, 0.5) is 11.5 Å². The second-order valence-electron chi connectivity index (χ2n) is 8.49. The van der Waals surface area contributed by atoms with Gasteiger partial charge in [0.1, 0.15) is 29.4 Å². The molecule has 4 aromatic rings. The third-order valence-electron chi connectivity index (χ3n) is 4.99. The van der Waals surface area contributed by atoms with Crippen LogP contribution in [-0.4, -0.2) is 88.9 Å². The Hall–Kier alpha value is -1.41. The fourth-order valence-corrected chi connectivity index (χ4v) is 5.48. The molecule has 0 amide bonds. The van der Waals surface area contributed by atoms with Crippen molar-refractivity contribution in [1.82, 2.24) is 15.0 Å². The van der Waals surface area contributed by atoms with Crippen molar-refractivity contribution >= 4 is 99.4 Å². The molecular formula is C21H25CaN4O7PS2.